The van der Waals surface area contributed by atoms with Crippen molar-refractivity contribution in [2.24, 2.45) is 0 Å². The third kappa shape index (κ3) is 4.12. The molecule has 0 spiro atoms. The number of carbonyl (C=O) groups is 1. The number of esters is 1. The van der Waals surface area contributed by atoms with E-state index in [0.29, 0.717) is 12.0 Å². The molecule has 17 heavy (non-hydrogen) atoms. The third-order valence-corrected chi connectivity index (χ3v) is 3.43. The molecule has 0 aliphatic heterocycles. The largest absolute Gasteiger partial charge is 0.469 e. The Balaban J connectivity index is 2.77. The summed E-state index contributed by atoms with van der Waals surface area (Å²) in [5.41, 5.74) is 1.76. The molecule has 1 atom stereocenters. The molecule has 0 heterocycles. The van der Waals surface area contributed by atoms with Gasteiger partial charge in [0.15, 0.2) is 0 Å². The Morgan fingerprint density at radius 2 is 2.29 bits per heavy atom. The van der Waals surface area contributed by atoms with Crippen LogP contribution in [0.1, 0.15) is 24.5 Å². The molecule has 0 radical (unpaired) electrons. The van der Waals surface area contributed by atoms with E-state index in [4.69, 9.17) is 5.26 Å². The van der Waals surface area contributed by atoms with E-state index in [9.17, 15) is 4.79 Å². The molecule has 0 saturated heterocycles. The van der Waals surface area contributed by atoms with E-state index in [0.717, 1.165) is 10.5 Å². The number of aryl methyl sites for hydroxylation is 1. The Morgan fingerprint density at radius 3 is 2.88 bits per heavy atom. The van der Waals surface area contributed by atoms with E-state index in [1.807, 2.05) is 32.0 Å². The van der Waals surface area contributed by atoms with Crippen LogP contribution in [-0.4, -0.2) is 18.3 Å². The molecule has 0 aromatic heterocycles. The molecule has 1 aromatic carbocycles. The molecule has 1 rings (SSSR count). The summed E-state index contributed by atoms with van der Waals surface area (Å²) < 4.78 is 4.62. The van der Waals surface area contributed by atoms with Crippen LogP contribution in [0, 0.1) is 18.3 Å². The number of thioether (sulfide) groups is 1. The topological polar surface area (TPSA) is 50.1 Å². The van der Waals surface area contributed by atoms with Gasteiger partial charge in [-0.1, -0.05) is 13.0 Å². The van der Waals surface area contributed by atoms with Crippen LogP contribution in [-0.2, 0) is 9.53 Å². The van der Waals surface area contributed by atoms with Crippen molar-refractivity contribution < 1.29 is 9.53 Å². The van der Waals surface area contributed by atoms with Crippen LogP contribution in [0.5, 0.6) is 0 Å². The second kappa shape index (κ2) is 6.31. The van der Waals surface area contributed by atoms with E-state index in [1.165, 1.54) is 18.9 Å². The summed E-state index contributed by atoms with van der Waals surface area (Å²) in [6.45, 7) is 3.93. The normalized spacial score (nSPS) is 11.6. The molecule has 0 saturated carbocycles. The maximum absolute atomic E-state index is 11.1. The highest BCUT2D eigenvalue weighted by Gasteiger charge is 2.13. The first-order valence-corrected chi connectivity index (χ1v) is 6.19. The van der Waals surface area contributed by atoms with E-state index in [-0.39, 0.29) is 11.2 Å². The maximum Gasteiger partial charge on any atom is 0.306 e. The summed E-state index contributed by atoms with van der Waals surface area (Å²) in [6, 6.07) is 7.85. The van der Waals surface area contributed by atoms with Crippen LogP contribution in [0.4, 0.5) is 0 Å². The summed E-state index contributed by atoms with van der Waals surface area (Å²) in [5.74, 6) is -0.226. The monoisotopic (exact) mass is 249 g/mol. The van der Waals surface area contributed by atoms with E-state index >= 15 is 0 Å². The highest BCUT2D eigenvalue weighted by Crippen LogP contribution is 2.29. The minimum atomic E-state index is -0.226. The molecule has 0 N–H and O–H groups in total. The van der Waals surface area contributed by atoms with Crippen molar-refractivity contribution in [3.63, 3.8) is 0 Å². The second-order valence-corrected chi connectivity index (χ2v) is 5.30. The second-order valence-electron chi connectivity index (χ2n) is 3.82. The van der Waals surface area contributed by atoms with Crippen molar-refractivity contribution in [1.82, 2.24) is 0 Å². The lowest BCUT2D eigenvalue weighted by molar-refractivity contribution is -0.140. The summed E-state index contributed by atoms with van der Waals surface area (Å²) in [5, 5.41) is 9.09. The molecular weight excluding hydrogens is 234 g/mol. The van der Waals surface area contributed by atoms with E-state index in [1.54, 1.807) is 0 Å². The molecule has 1 unspecified atom stereocenters. The van der Waals surface area contributed by atoms with Gasteiger partial charge in [0.25, 0.3) is 0 Å². The van der Waals surface area contributed by atoms with Gasteiger partial charge < -0.3 is 4.74 Å². The van der Waals surface area contributed by atoms with Gasteiger partial charge in [-0.25, -0.2) is 0 Å². The van der Waals surface area contributed by atoms with Crippen molar-refractivity contribution in [2.75, 3.05) is 7.11 Å². The molecule has 0 aliphatic rings. The number of nitriles is 1. The summed E-state index contributed by atoms with van der Waals surface area (Å²) in [6.07, 6.45) is 0.347. The fourth-order valence-electron chi connectivity index (χ4n) is 1.40. The maximum atomic E-state index is 11.1. The van der Waals surface area contributed by atoms with Gasteiger partial charge in [-0.15, -0.1) is 11.8 Å². The molecule has 0 bridgehead atoms. The number of ether oxygens (including phenoxy) is 1. The number of nitrogens with zero attached hydrogens (tertiary/aromatic N) is 1. The number of rotatable bonds is 4. The minimum Gasteiger partial charge on any atom is -0.469 e. The Hall–Kier alpha value is -1.47. The van der Waals surface area contributed by atoms with Gasteiger partial charge in [-0.05, 0) is 24.6 Å². The number of hydrogen-bond acceptors (Lipinski definition) is 4. The molecule has 3 nitrogen and oxygen atoms in total. The number of benzene rings is 1. The van der Waals surface area contributed by atoms with Gasteiger partial charge in [0.05, 0.1) is 19.1 Å². The smallest absolute Gasteiger partial charge is 0.306 e. The number of hydrogen-bond donors (Lipinski definition) is 0. The Morgan fingerprint density at radius 1 is 1.59 bits per heavy atom. The van der Waals surface area contributed by atoms with Crippen LogP contribution in [0.2, 0.25) is 0 Å². The van der Waals surface area contributed by atoms with Crippen molar-refractivity contribution in [2.45, 2.75) is 30.4 Å². The first-order chi connectivity index (χ1) is 8.06. The standard InChI is InChI=1S/C13H15NO2S/c1-9-4-5-11(8-14)12(6-9)17-10(2)7-13(15)16-3/h4-6,10H,7H2,1-3H3. The van der Waals surface area contributed by atoms with Gasteiger partial charge in [0.1, 0.15) is 6.07 Å². The molecular formula is C13H15NO2S. The third-order valence-electron chi connectivity index (χ3n) is 2.27. The van der Waals surface area contributed by atoms with Gasteiger partial charge in [-0.2, -0.15) is 5.26 Å². The molecule has 1 aromatic rings. The highest BCUT2D eigenvalue weighted by atomic mass is 32.2. The fraction of sp³-hybridized carbons (Fsp3) is 0.385. The van der Waals surface area contributed by atoms with Crippen LogP contribution < -0.4 is 0 Å². The lowest BCUT2D eigenvalue weighted by Crippen LogP contribution is -2.08. The van der Waals surface area contributed by atoms with Crippen LogP contribution >= 0.6 is 11.8 Å². The molecule has 0 amide bonds. The summed E-state index contributed by atoms with van der Waals surface area (Å²) in [4.78, 5) is 12.1. The lowest BCUT2D eigenvalue weighted by Gasteiger charge is -2.11. The zero-order chi connectivity index (χ0) is 12.8. The van der Waals surface area contributed by atoms with Crippen molar-refractivity contribution in [3.8, 4) is 6.07 Å². The molecule has 0 fully saturated rings. The van der Waals surface area contributed by atoms with Crippen LogP contribution in [0.15, 0.2) is 23.1 Å². The average molecular weight is 249 g/mol. The quantitative estimate of drug-likeness (QED) is 0.608. The first kappa shape index (κ1) is 13.6. The molecule has 4 heteroatoms. The SMILES string of the molecule is COC(=O)CC(C)Sc1cc(C)ccc1C#N. The minimum absolute atomic E-state index is 0.0938. The highest BCUT2D eigenvalue weighted by molar-refractivity contribution is 8.00. The van der Waals surface area contributed by atoms with Gasteiger partial charge >= 0.3 is 5.97 Å². The van der Waals surface area contributed by atoms with Gasteiger partial charge in [0.2, 0.25) is 0 Å². The predicted octanol–water partition coefficient (Wildman–Crippen LogP) is 2.91. The number of carbonyl (C=O) groups excluding carboxylic acids is 1. The Bertz CT molecular complexity index is 451. The van der Waals surface area contributed by atoms with Gasteiger partial charge in [0, 0.05) is 10.1 Å². The Kier molecular flexibility index (Phi) is 5.05. The predicted molar refractivity (Wildman–Crippen MR) is 67.8 cm³/mol. The average Bonchev–Trinajstić information content (AvgIpc) is 2.29. The van der Waals surface area contributed by atoms with Crippen molar-refractivity contribution >= 4 is 17.7 Å². The summed E-state index contributed by atoms with van der Waals surface area (Å²) in [7, 11) is 1.38. The zero-order valence-electron chi connectivity index (χ0n) is 10.2. The van der Waals surface area contributed by atoms with Crippen molar-refractivity contribution in [3.05, 3.63) is 29.3 Å². The van der Waals surface area contributed by atoms with Crippen molar-refractivity contribution in [1.29, 1.82) is 5.26 Å². The van der Waals surface area contributed by atoms with E-state index < -0.39 is 0 Å². The Labute approximate surface area is 106 Å². The fourth-order valence-corrected chi connectivity index (χ4v) is 2.54. The molecule has 0 aliphatic carbocycles. The van der Waals surface area contributed by atoms with Crippen LogP contribution in [0.3, 0.4) is 0 Å². The number of methoxy groups -OCH3 is 1. The van der Waals surface area contributed by atoms with E-state index in [2.05, 4.69) is 10.8 Å². The summed E-state index contributed by atoms with van der Waals surface area (Å²) >= 11 is 1.53. The van der Waals surface area contributed by atoms with Crippen LogP contribution in [0.25, 0.3) is 0 Å². The first-order valence-electron chi connectivity index (χ1n) is 5.31. The lowest BCUT2D eigenvalue weighted by atomic mass is 10.2. The molecule has 90 valence electrons. The van der Waals surface area contributed by atoms with Gasteiger partial charge in [-0.3, -0.25) is 4.79 Å². The zero-order valence-corrected chi connectivity index (χ0v) is 11.0.